The van der Waals surface area contributed by atoms with Crippen molar-refractivity contribution >= 4 is 27.2 Å². The van der Waals surface area contributed by atoms with Crippen molar-refractivity contribution in [1.29, 1.82) is 0 Å². The molecule has 34 heavy (non-hydrogen) atoms. The van der Waals surface area contributed by atoms with E-state index in [4.69, 9.17) is 0 Å². The number of hydrogen-bond acceptors (Lipinski definition) is 4. The van der Waals surface area contributed by atoms with Gasteiger partial charge < -0.3 is 5.11 Å². The Hall–Kier alpha value is -2.94. The molecule has 9 heteroatoms. The van der Waals surface area contributed by atoms with Crippen LogP contribution in [0.1, 0.15) is 71.6 Å². The molecular formula is C25H23F3O5S. The predicted octanol–water partition coefficient (Wildman–Crippen LogP) is 5.64. The number of halogens is 3. The number of Topliss-reactive ketones (excluding diaryl/α,β-unsaturated/α-hetero) is 1. The first kappa shape index (κ1) is 24.2. The van der Waals surface area contributed by atoms with Crippen LogP contribution in [0.4, 0.5) is 13.2 Å². The van der Waals surface area contributed by atoms with E-state index in [1.165, 1.54) is 6.07 Å². The van der Waals surface area contributed by atoms with Gasteiger partial charge in [-0.15, -0.1) is 0 Å². The van der Waals surface area contributed by atoms with E-state index < -0.39 is 33.5 Å². The Labute approximate surface area is 195 Å². The predicted molar refractivity (Wildman–Crippen MR) is 119 cm³/mol. The number of rotatable bonds is 6. The topological polar surface area (TPSA) is 88.5 Å². The summed E-state index contributed by atoms with van der Waals surface area (Å²) in [6.07, 6.45) is -3.92. The number of carbonyl (C=O) groups is 2. The third-order valence-corrected chi connectivity index (χ3v) is 8.50. The molecule has 0 saturated heterocycles. The van der Waals surface area contributed by atoms with E-state index in [9.17, 15) is 36.3 Å². The second kappa shape index (κ2) is 8.37. The number of carboxylic acid groups (broad SMARTS) is 1. The monoisotopic (exact) mass is 492 g/mol. The molecule has 1 aliphatic heterocycles. The van der Waals surface area contributed by atoms with Crippen LogP contribution in [0.3, 0.4) is 0 Å². The minimum atomic E-state index is -4.68. The first-order valence-corrected chi connectivity index (χ1v) is 12.4. The van der Waals surface area contributed by atoms with E-state index in [2.05, 4.69) is 0 Å². The fourth-order valence-electron chi connectivity index (χ4n) is 4.88. The van der Waals surface area contributed by atoms with Crippen molar-refractivity contribution in [2.75, 3.05) is 0 Å². The highest BCUT2D eigenvalue weighted by Crippen LogP contribution is 2.46. The number of fused-ring (bicyclic) bond motifs is 2. The minimum absolute atomic E-state index is 0.0326. The number of ketones is 1. The lowest BCUT2D eigenvalue weighted by Gasteiger charge is -2.12. The van der Waals surface area contributed by atoms with Crippen LogP contribution in [-0.2, 0) is 27.2 Å². The van der Waals surface area contributed by atoms with Gasteiger partial charge in [-0.25, -0.2) is 8.42 Å². The van der Waals surface area contributed by atoms with Crippen molar-refractivity contribution in [1.82, 2.24) is 0 Å². The minimum Gasteiger partial charge on any atom is -0.481 e. The van der Waals surface area contributed by atoms with Crippen LogP contribution in [0.5, 0.6) is 0 Å². The Balaban J connectivity index is 1.63. The van der Waals surface area contributed by atoms with Crippen LogP contribution in [0.25, 0.3) is 5.57 Å². The molecule has 5 nitrogen and oxygen atoms in total. The normalized spacial score (nSPS) is 18.8. The zero-order valence-electron chi connectivity index (χ0n) is 18.6. The highest BCUT2D eigenvalue weighted by Gasteiger charge is 2.40. The van der Waals surface area contributed by atoms with Gasteiger partial charge in [0.2, 0.25) is 9.84 Å². The number of carboxylic acids is 1. The number of benzene rings is 2. The Morgan fingerprint density at radius 1 is 1.12 bits per heavy atom. The van der Waals surface area contributed by atoms with E-state index in [0.717, 1.165) is 11.6 Å². The highest BCUT2D eigenvalue weighted by atomic mass is 32.2. The number of aryl methyl sites for hydroxylation is 1. The van der Waals surface area contributed by atoms with Gasteiger partial charge in [0, 0.05) is 12.0 Å². The summed E-state index contributed by atoms with van der Waals surface area (Å²) in [5, 5.41) is 9.40. The number of aliphatic carboxylic acids is 1. The maximum atomic E-state index is 13.2. The SMILES string of the molecule is CC(C)C1=C(CCC(=O)c2ccc3c(c2)C(C(=O)O)CC3)S(=O)(=O)c2cc(C(F)(F)F)ccc21. The molecule has 2 aromatic carbocycles. The molecule has 2 aliphatic rings. The molecule has 1 unspecified atom stereocenters. The van der Waals surface area contributed by atoms with E-state index in [-0.39, 0.29) is 39.9 Å². The fourth-order valence-corrected chi connectivity index (χ4v) is 6.90. The van der Waals surface area contributed by atoms with Crippen molar-refractivity contribution in [3.05, 3.63) is 69.1 Å². The zero-order chi connectivity index (χ0) is 25.0. The summed E-state index contributed by atoms with van der Waals surface area (Å²) in [6, 6.07) is 7.62. The van der Waals surface area contributed by atoms with Gasteiger partial charge in [0.25, 0.3) is 0 Å². The maximum Gasteiger partial charge on any atom is 0.416 e. The third-order valence-electron chi connectivity index (χ3n) is 6.51. The molecule has 1 aliphatic carbocycles. The Kier molecular flexibility index (Phi) is 5.96. The smallest absolute Gasteiger partial charge is 0.416 e. The third kappa shape index (κ3) is 4.06. The average Bonchev–Trinajstić information content (AvgIpc) is 3.27. The zero-order valence-corrected chi connectivity index (χ0v) is 19.4. The molecule has 0 spiro atoms. The molecule has 0 radical (unpaired) electrons. The maximum absolute atomic E-state index is 13.2. The second-order valence-corrected chi connectivity index (χ2v) is 10.9. The first-order valence-electron chi connectivity index (χ1n) is 10.9. The molecule has 1 heterocycles. The first-order chi connectivity index (χ1) is 15.8. The Morgan fingerprint density at radius 3 is 2.44 bits per heavy atom. The molecule has 1 N–H and O–H groups in total. The number of alkyl halides is 3. The molecule has 0 aromatic heterocycles. The van der Waals surface area contributed by atoms with Crippen LogP contribution in [0.15, 0.2) is 46.2 Å². The van der Waals surface area contributed by atoms with Gasteiger partial charge in [-0.2, -0.15) is 13.2 Å². The summed E-state index contributed by atoms with van der Waals surface area (Å²) < 4.78 is 65.9. The summed E-state index contributed by atoms with van der Waals surface area (Å²) in [4.78, 5) is 24.0. The molecule has 0 saturated carbocycles. The number of carbonyl (C=O) groups excluding carboxylic acids is 1. The quantitative estimate of drug-likeness (QED) is 0.528. The van der Waals surface area contributed by atoms with Gasteiger partial charge in [-0.1, -0.05) is 32.0 Å². The van der Waals surface area contributed by atoms with E-state index in [1.54, 1.807) is 32.0 Å². The van der Waals surface area contributed by atoms with Crippen LogP contribution >= 0.6 is 0 Å². The molecular weight excluding hydrogens is 469 g/mol. The fraction of sp³-hybridized carbons (Fsp3) is 0.360. The van der Waals surface area contributed by atoms with Crippen molar-refractivity contribution in [3.8, 4) is 0 Å². The Morgan fingerprint density at radius 2 is 1.82 bits per heavy atom. The van der Waals surface area contributed by atoms with Crippen LogP contribution < -0.4 is 0 Å². The second-order valence-electron chi connectivity index (χ2n) is 8.97. The molecule has 0 amide bonds. The molecule has 0 bridgehead atoms. The van der Waals surface area contributed by atoms with Crippen LogP contribution in [-0.4, -0.2) is 25.3 Å². The molecule has 4 rings (SSSR count). The van der Waals surface area contributed by atoms with Crippen molar-refractivity contribution < 1.29 is 36.3 Å². The molecule has 0 fully saturated rings. The molecule has 2 aromatic rings. The summed E-state index contributed by atoms with van der Waals surface area (Å²) in [6.45, 7) is 3.51. The standard InChI is InChI=1S/C25H23F3O5S/c1-13(2)23-18-8-6-16(25(26,27)28)12-22(18)34(32,33)21(23)10-9-20(29)15-4-3-14-5-7-17(24(30)31)19(14)11-15/h3-4,6,8,11-13,17H,5,7,9-10H2,1-2H3,(H,30,31). The summed E-state index contributed by atoms with van der Waals surface area (Å²) >= 11 is 0. The average molecular weight is 493 g/mol. The van der Waals surface area contributed by atoms with Gasteiger partial charge in [0.15, 0.2) is 5.78 Å². The number of sulfone groups is 1. The largest absolute Gasteiger partial charge is 0.481 e. The van der Waals surface area contributed by atoms with Gasteiger partial charge >= 0.3 is 12.1 Å². The van der Waals surface area contributed by atoms with E-state index in [0.29, 0.717) is 35.6 Å². The summed E-state index contributed by atoms with van der Waals surface area (Å²) in [7, 11) is -4.18. The molecule has 180 valence electrons. The van der Waals surface area contributed by atoms with Gasteiger partial charge in [-0.05, 0) is 65.6 Å². The lowest BCUT2D eigenvalue weighted by Crippen LogP contribution is -2.10. The van der Waals surface area contributed by atoms with Crippen LogP contribution in [0, 0.1) is 5.92 Å². The van der Waals surface area contributed by atoms with Gasteiger partial charge in [0.1, 0.15) is 0 Å². The number of allylic oxidation sites excluding steroid dienone is 2. The van der Waals surface area contributed by atoms with Crippen LogP contribution in [0.2, 0.25) is 0 Å². The lowest BCUT2D eigenvalue weighted by atomic mass is 9.92. The highest BCUT2D eigenvalue weighted by molar-refractivity contribution is 7.96. The number of hydrogen-bond donors (Lipinski definition) is 1. The summed E-state index contributed by atoms with van der Waals surface area (Å²) in [5.74, 6) is -2.26. The Bertz CT molecular complexity index is 1340. The van der Waals surface area contributed by atoms with E-state index in [1.807, 2.05) is 0 Å². The van der Waals surface area contributed by atoms with Gasteiger partial charge in [-0.3, -0.25) is 9.59 Å². The van der Waals surface area contributed by atoms with Crippen molar-refractivity contribution in [3.63, 3.8) is 0 Å². The van der Waals surface area contributed by atoms with Crippen molar-refractivity contribution in [2.45, 2.75) is 56.5 Å². The molecule has 1 atom stereocenters. The lowest BCUT2D eigenvalue weighted by molar-refractivity contribution is -0.139. The summed E-state index contributed by atoms with van der Waals surface area (Å²) in [5.41, 5.74) is 1.40. The van der Waals surface area contributed by atoms with E-state index >= 15 is 0 Å². The van der Waals surface area contributed by atoms with Crippen molar-refractivity contribution in [2.24, 2.45) is 5.92 Å². The van der Waals surface area contributed by atoms with Gasteiger partial charge in [0.05, 0.1) is 21.3 Å².